The Bertz CT molecular complexity index is 360. The van der Waals surface area contributed by atoms with Crippen molar-refractivity contribution < 1.29 is 0 Å². The van der Waals surface area contributed by atoms with Gasteiger partial charge in [-0.1, -0.05) is 12.1 Å². The quantitative estimate of drug-likeness (QED) is 0.840. The third-order valence-electron chi connectivity index (χ3n) is 3.51. The summed E-state index contributed by atoms with van der Waals surface area (Å²) in [5, 5.41) is 0. The summed E-state index contributed by atoms with van der Waals surface area (Å²) in [6.45, 7) is 6.43. The molecule has 1 aliphatic heterocycles. The van der Waals surface area contributed by atoms with Gasteiger partial charge in [0.2, 0.25) is 0 Å². The molecule has 1 atom stereocenters. The van der Waals surface area contributed by atoms with Gasteiger partial charge in [-0.15, -0.1) is 0 Å². The molecular weight excluding hydrogens is 196 g/mol. The Morgan fingerprint density at radius 1 is 1.44 bits per heavy atom. The maximum atomic E-state index is 5.55. The molecule has 2 N–H and O–H groups in total. The Kier molecular flexibility index (Phi) is 3.49. The fourth-order valence-electron chi connectivity index (χ4n) is 2.69. The Labute approximate surface area is 98.4 Å². The topological polar surface area (TPSA) is 29.3 Å². The van der Waals surface area contributed by atoms with Crippen LogP contribution in [-0.4, -0.2) is 19.1 Å². The number of rotatable bonds is 4. The minimum absolute atomic E-state index is 0.657. The summed E-state index contributed by atoms with van der Waals surface area (Å²) in [4.78, 5) is 2.49. The smallest absolute Gasteiger partial charge is 0.0402 e. The van der Waals surface area contributed by atoms with E-state index < -0.39 is 0 Å². The predicted molar refractivity (Wildman–Crippen MR) is 70.0 cm³/mol. The van der Waals surface area contributed by atoms with Crippen molar-refractivity contribution in [1.82, 2.24) is 0 Å². The predicted octanol–water partition coefficient (Wildman–Crippen LogP) is 2.35. The van der Waals surface area contributed by atoms with E-state index in [1.807, 2.05) is 0 Å². The number of hydrogen-bond acceptors (Lipinski definition) is 2. The van der Waals surface area contributed by atoms with E-state index in [0.717, 1.165) is 25.9 Å². The molecule has 0 aromatic heterocycles. The van der Waals surface area contributed by atoms with Gasteiger partial charge < -0.3 is 10.6 Å². The van der Waals surface area contributed by atoms with Crippen LogP contribution in [0.3, 0.4) is 0 Å². The lowest BCUT2D eigenvalue weighted by molar-refractivity contribution is 0.690. The number of nitrogens with two attached hydrogens (primary N) is 1. The second-order valence-corrected chi connectivity index (χ2v) is 4.69. The Balaban J connectivity index is 2.19. The van der Waals surface area contributed by atoms with Crippen LogP contribution in [0, 0.1) is 0 Å². The third-order valence-corrected chi connectivity index (χ3v) is 3.51. The van der Waals surface area contributed by atoms with Gasteiger partial charge in [-0.05, 0) is 56.8 Å². The molecule has 1 unspecified atom stereocenters. The van der Waals surface area contributed by atoms with Crippen LogP contribution in [0.15, 0.2) is 18.2 Å². The van der Waals surface area contributed by atoms with E-state index in [1.165, 1.54) is 23.2 Å². The van der Waals surface area contributed by atoms with Gasteiger partial charge in [0.1, 0.15) is 0 Å². The number of hydrogen-bond donors (Lipinski definition) is 1. The van der Waals surface area contributed by atoms with Crippen LogP contribution >= 0.6 is 0 Å². The molecule has 1 aliphatic rings. The molecule has 0 aliphatic carbocycles. The molecule has 2 rings (SSSR count). The normalized spacial score (nSPS) is 18.9. The monoisotopic (exact) mass is 218 g/mol. The number of aryl methyl sites for hydroxylation is 1. The first-order valence-corrected chi connectivity index (χ1v) is 6.34. The first-order valence-electron chi connectivity index (χ1n) is 6.34. The van der Waals surface area contributed by atoms with Crippen LogP contribution in [0.2, 0.25) is 0 Å². The molecule has 0 fully saturated rings. The van der Waals surface area contributed by atoms with Gasteiger partial charge in [0.25, 0.3) is 0 Å². The molecule has 0 amide bonds. The summed E-state index contributed by atoms with van der Waals surface area (Å²) in [7, 11) is 0. The standard InChI is InChI=1S/C14H22N2/c1-3-16-11(2)9-13-10-12(5-4-8-15)6-7-14(13)16/h6-7,10-11H,3-5,8-9,15H2,1-2H3. The van der Waals surface area contributed by atoms with E-state index in [2.05, 4.69) is 36.9 Å². The molecular formula is C14H22N2. The summed E-state index contributed by atoms with van der Waals surface area (Å²) in [5.41, 5.74) is 9.94. The summed E-state index contributed by atoms with van der Waals surface area (Å²) in [6, 6.07) is 7.57. The van der Waals surface area contributed by atoms with Crippen LogP contribution in [0.1, 0.15) is 31.4 Å². The summed E-state index contributed by atoms with van der Waals surface area (Å²) >= 11 is 0. The molecule has 2 nitrogen and oxygen atoms in total. The van der Waals surface area contributed by atoms with Gasteiger partial charge in [-0.3, -0.25) is 0 Å². The highest BCUT2D eigenvalue weighted by Crippen LogP contribution is 2.32. The molecule has 0 spiro atoms. The van der Waals surface area contributed by atoms with Crippen molar-refractivity contribution in [3.05, 3.63) is 29.3 Å². The zero-order chi connectivity index (χ0) is 11.5. The molecule has 1 heterocycles. The average molecular weight is 218 g/mol. The second-order valence-electron chi connectivity index (χ2n) is 4.69. The Morgan fingerprint density at radius 3 is 2.94 bits per heavy atom. The highest BCUT2D eigenvalue weighted by molar-refractivity contribution is 5.60. The second kappa shape index (κ2) is 4.88. The largest absolute Gasteiger partial charge is 0.369 e. The van der Waals surface area contributed by atoms with E-state index in [1.54, 1.807) is 0 Å². The highest BCUT2D eigenvalue weighted by Gasteiger charge is 2.24. The van der Waals surface area contributed by atoms with Crippen molar-refractivity contribution in [2.75, 3.05) is 18.0 Å². The van der Waals surface area contributed by atoms with Crippen LogP contribution in [0.5, 0.6) is 0 Å². The minimum atomic E-state index is 0.657. The van der Waals surface area contributed by atoms with E-state index in [4.69, 9.17) is 5.73 Å². The van der Waals surface area contributed by atoms with Gasteiger partial charge in [0.15, 0.2) is 0 Å². The number of nitrogens with zero attached hydrogens (tertiary/aromatic N) is 1. The van der Waals surface area contributed by atoms with Crippen LogP contribution in [0.4, 0.5) is 5.69 Å². The zero-order valence-electron chi connectivity index (χ0n) is 10.4. The number of anilines is 1. The molecule has 0 saturated heterocycles. The lowest BCUT2D eigenvalue weighted by Crippen LogP contribution is -2.28. The lowest BCUT2D eigenvalue weighted by Gasteiger charge is -2.22. The summed E-state index contributed by atoms with van der Waals surface area (Å²) < 4.78 is 0. The molecule has 2 heteroatoms. The van der Waals surface area contributed by atoms with E-state index in [9.17, 15) is 0 Å². The minimum Gasteiger partial charge on any atom is -0.369 e. The fraction of sp³-hybridized carbons (Fsp3) is 0.571. The number of fused-ring (bicyclic) bond motifs is 1. The van der Waals surface area contributed by atoms with Crippen molar-refractivity contribution >= 4 is 5.69 Å². The molecule has 1 aromatic carbocycles. The molecule has 1 aromatic rings. The van der Waals surface area contributed by atoms with Crippen LogP contribution < -0.4 is 10.6 Å². The van der Waals surface area contributed by atoms with Gasteiger partial charge in [-0.25, -0.2) is 0 Å². The van der Waals surface area contributed by atoms with Gasteiger partial charge >= 0.3 is 0 Å². The van der Waals surface area contributed by atoms with Crippen molar-refractivity contribution in [2.45, 2.75) is 39.2 Å². The molecule has 0 radical (unpaired) electrons. The maximum Gasteiger partial charge on any atom is 0.0402 e. The van der Waals surface area contributed by atoms with Crippen molar-refractivity contribution in [3.63, 3.8) is 0 Å². The average Bonchev–Trinajstić information content (AvgIpc) is 2.60. The number of likely N-dealkylation sites (N-methyl/N-ethyl adjacent to an activating group) is 1. The summed E-state index contributed by atoms with van der Waals surface area (Å²) in [6.07, 6.45) is 3.40. The first kappa shape index (κ1) is 11.5. The summed E-state index contributed by atoms with van der Waals surface area (Å²) in [5.74, 6) is 0. The van der Waals surface area contributed by atoms with E-state index in [-0.39, 0.29) is 0 Å². The van der Waals surface area contributed by atoms with Gasteiger partial charge in [0.05, 0.1) is 0 Å². The van der Waals surface area contributed by atoms with Crippen LogP contribution in [0.25, 0.3) is 0 Å². The van der Waals surface area contributed by atoms with E-state index >= 15 is 0 Å². The van der Waals surface area contributed by atoms with Gasteiger partial charge in [-0.2, -0.15) is 0 Å². The van der Waals surface area contributed by atoms with Crippen molar-refractivity contribution in [1.29, 1.82) is 0 Å². The van der Waals surface area contributed by atoms with Gasteiger partial charge in [0, 0.05) is 18.3 Å². The van der Waals surface area contributed by atoms with Crippen molar-refractivity contribution in [3.8, 4) is 0 Å². The SMILES string of the molecule is CCN1c2ccc(CCCN)cc2CC1C. The fourth-order valence-corrected chi connectivity index (χ4v) is 2.69. The highest BCUT2D eigenvalue weighted by atomic mass is 15.2. The number of benzene rings is 1. The maximum absolute atomic E-state index is 5.55. The van der Waals surface area contributed by atoms with Crippen molar-refractivity contribution in [2.24, 2.45) is 5.73 Å². The third kappa shape index (κ3) is 2.07. The van der Waals surface area contributed by atoms with E-state index in [0.29, 0.717) is 6.04 Å². The molecule has 88 valence electrons. The Hall–Kier alpha value is -1.02. The molecule has 16 heavy (non-hydrogen) atoms. The Morgan fingerprint density at radius 2 is 2.25 bits per heavy atom. The lowest BCUT2D eigenvalue weighted by atomic mass is 10.0. The van der Waals surface area contributed by atoms with Crippen LogP contribution in [-0.2, 0) is 12.8 Å². The zero-order valence-corrected chi connectivity index (χ0v) is 10.4. The first-order chi connectivity index (χ1) is 7.76. The molecule has 0 bridgehead atoms. The molecule has 0 saturated carbocycles.